The number of aliphatic hydroxyl groups is 1. The normalized spacial score (nSPS) is 13.2. The SMILES string of the molecule is Cc1cc(Pc2ccccc2C(O)c2ccccc2)c(O)c(C(C)(C)C)c1. The van der Waals surface area contributed by atoms with Gasteiger partial charge in [0.1, 0.15) is 11.9 Å². The highest BCUT2D eigenvalue weighted by molar-refractivity contribution is 7.55. The zero-order valence-corrected chi connectivity index (χ0v) is 17.3. The maximum absolute atomic E-state index is 10.9. The van der Waals surface area contributed by atoms with Crippen LogP contribution in [-0.2, 0) is 5.41 Å². The molecule has 0 heterocycles. The Bertz CT molecular complexity index is 927. The Balaban J connectivity index is 2.02. The molecule has 0 aliphatic carbocycles. The van der Waals surface area contributed by atoms with E-state index in [2.05, 4.69) is 39.8 Å². The summed E-state index contributed by atoms with van der Waals surface area (Å²) in [5, 5.41) is 23.8. The molecule has 3 heteroatoms. The number of rotatable bonds is 4. The van der Waals surface area contributed by atoms with Crippen molar-refractivity contribution < 1.29 is 10.2 Å². The Labute approximate surface area is 163 Å². The number of phenolic OH excluding ortho intramolecular Hbond substituents is 1. The predicted octanol–water partition coefficient (Wildman–Crippen LogP) is 4.71. The highest BCUT2D eigenvalue weighted by Gasteiger charge is 2.22. The number of phenols is 1. The Morgan fingerprint density at radius 1 is 0.852 bits per heavy atom. The van der Waals surface area contributed by atoms with Crippen LogP contribution in [0.2, 0.25) is 0 Å². The smallest absolute Gasteiger partial charge is 0.127 e. The largest absolute Gasteiger partial charge is 0.507 e. The van der Waals surface area contributed by atoms with Crippen LogP contribution in [0.4, 0.5) is 0 Å². The summed E-state index contributed by atoms with van der Waals surface area (Å²) in [6.45, 7) is 8.40. The van der Waals surface area contributed by atoms with Gasteiger partial charge < -0.3 is 10.2 Å². The van der Waals surface area contributed by atoms with Crippen LogP contribution >= 0.6 is 8.58 Å². The molecule has 0 saturated heterocycles. The van der Waals surface area contributed by atoms with Gasteiger partial charge in [-0.05, 0) is 40.4 Å². The van der Waals surface area contributed by atoms with Crippen LogP contribution in [0.5, 0.6) is 5.75 Å². The van der Waals surface area contributed by atoms with Gasteiger partial charge in [0.25, 0.3) is 0 Å². The quantitative estimate of drug-likeness (QED) is 0.646. The van der Waals surface area contributed by atoms with Crippen LogP contribution in [0.25, 0.3) is 0 Å². The van der Waals surface area contributed by atoms with E-state index < -0.39 is 6.10 Å². The number of benzene rings is 3. The third-order valence-electron chi connectivity index (χ3n) is 4.70. The van der Waals surface area contributed by atoms with E-state index in [9.17, 15) is 10.2 Å². The molecule has 0 radical (unpaired) electrons. The van der Waals surface area contributed by atoms with E-state index >= 15 is 0 Å². The van der Waals surface area contributed by atoms with E-state index in [-0.39, 0.29) is 14.0 Å². The molecule has 3 aromatic rings. The molecule has 140 valence electrons. The van der Waals surface area contributed by atoms with E-state index in [1.165, 1.54) is 0 Å². The van der Waals surface area contributed by atoms with Crippen molar-refractivity contribution in [2.45, 2.75) is 39.2 Å². The van der Waals surface area contributed by atoms with Crippen LogP contribution in [0, 0.1) is 6.92 Å². The highest BCUT2D eigenvalue weighted by atomic mass is 31.1. The molecule has 0 aliphatic rings. The summed E-state index contributed by atoms with van der Waals surface area (Å²) in [4.78, 5) is 0. The Kier molecular flexibility index (Phi) is 5.69. The standard InChI is InChI=1S/C24H27O2P/c1-16-14-19(24(2,3)4)23(26)21(15-16)27-20-13-9-8-12-18(20)22(25)17-10-6-5-7-11-17/h5-15,22,25-27H,1-4H3. The molecular formula is C24H27O2P. The van der Waals surface area contributed by atoms with Crippen LogP contribution in [0.15, 0.2) is 66.7 Å². The van der Waals surface area contributed by atoms with Crippen molar-refractivity contribution in [3.8, 4) is 5.75 Å². The molecule has 0 bridgehead atoms. The third kappa shape index (κ3) is 4.40. The molecule has 0 amide bonds. The first kappa shape index (κ1) is 19.6. The minimum Gasteiger partial charge on any atom is -0.507 e. The summed E-state index contributed by atoms with van der Waals surface area (Å²) in [5.74, 6) is 0.371. The number of aromatic hydroxyl groups is 1. The summed E-state index contributed by atoms with van der Waals surface area (Å²) < 4.78 is 0. The van der Waals surface area contributed by atoms with E-state index in [4.69, 9.17) is 0 Å². The van der Waals surface area contributed by atoms with Crippen molar-refractivity contribution in [2.75, 3.05) is 0 Å². The predicted molar refractivity (Wildman–Crippen MR) is 116 cm³/mol. The minimum atomic E-state index is -0.677. The Hall–Kier alpha value is -2.15. The monoisotopic (exact) mass is 378 g/mol. The Morgan fingerprint density at radius 2 is 1.48 bits per heavy atom. The first-order chi connectivity index (χ1) is 12.8. The molecule has 3 aromatic carbocycles. The van der Waals surface area contributed by atoms with Gasteiger partial charge in [0.2, 0.25) is 0 Å². The highest BCUT2D eigenvalue weighted by Crippen LogP contribution is 2.34. The van der Waals surface area contributed by atoms with Gasteiger partial charge in [-0.2, -0.15) is 0 Å². The maximum Gasteiger partial charge on any atom is 0.127 e. The summed E-state index contributed by atoms with van der Waals surface area (Å²) in [6.07, 6.45) is -0.677. The van der Waals surface area contributed by atoms with Crippen LogP contribution in [-0.4, -0.2) is 10.2 Å². The van der Waals surface area contributed by atoms with Crippen molar-refractivity contribution in [2.24, 2.45) is 0 Å². The molecule has 0 fully saturated rings. The molecule has 2 N–H and O–H groups in total. The Morgan fingerprint density at radius 3 is 2.15 bits per heavy atom. The van der Waals surface area contributed by atoms with E-state index in [0.717, 1.165) is 32.9 Å². The van der Waals surface area contributed by atoms with Crippen molar-refractivity contribution in [1.82, 2.24) is 0 Å². The average Bonchev–Trinajstić information content (AvgIpc) is 2.64. The maximum atomic E-state index is 10.9. The number of aliphatic hydroxyl groups excluding tert-OH is 1. The van der Waals surface area contributed by atoms with Crippen molar-refractivity contribution in [3.63, 3.8) is 0 Å². The van der Waals surface area contributed by atoms with Gasteiger partial charge in [0.05, 0.1) is 0 Å². The van der Waals surface area contributed by atoms with Gasteiger partial charge >= 0.3 is 0 Å². The molecule has 2 unspecified atom stereocenters. The third-order valence-corrected chi connectivity index (χ3v) is 6.08. The molecule has 0 aromatic heterocycles. The molecule has 2 nitrogen and oxygen atoms in total. The summed E-state index contributed by atoms with van der Waals surface area (Å²) in [5.41, 5.74) is 3.74. The number of hydrogen-bond donors (Lipinski definition) is 2. The summed E-state index contributed by atoms with van der Waals surface area (Å²) >= 11 is 0. The van der Waals surface area contributed by atoms with E-state index in [1.807, 2.05) is 54.6 Å². The molecule has 0 saturated carbocycles. The fourth-order valence-electron chi connectivity index (χ4n) is 3.26. The van der Waals surface area contributed by atoms with Crippen LogP contribution < -0.4 is 10.6 Å². The van der Waals surface area contributed by atoms with Crippen molar-refractivity contribution >= 4 is 19.2 Å². The van der Waals surface area contributed by atoms with Gasteiger partial charge in [-0.25, -0.2) is 0 Å². The van der Waals surface area contributed by atoms with Gasteiger partial charge in [0.15, 0.2) is 0 Å². The molecule has 27 heavy (non-hydrogen) atoms. The lowest BCUT2D eigenvalue weighted by molar-refractivity contribution is 0.221. The minimum absolute atomic E-state index is 0.127. The second-order valence-corrected chi connectivity index (χ2v) is 9.31. The zero-order valence-electron chi connectivity index (χ0n) is 16.3. The van der Waals surface area contributed by atoms with Gasteiger partial charge in [-0.15, -0.1) is 0 Å². The first-order valence-corrected chi connectivity index (χ1v) is 10.2. The second kappa shape index (κ2) is 7.84. The summed E-state index contributed by atoms with van der Waals surface area (Å²) in [7, 11) is 0.274. The first-order valence-electron chi connectivity index (χ1n) is 9.20. The number of aryl methyl sites for hydroxylation is 1. The van der Waals surface area contributed by atoms with Crippen molar-refractivity contribution in [3.05, 3.63) is 89.0 Å². The number of hydrogen-bond acceptors (Lipinski definition) is 2. The van der Waals surface area contributed by atoms with E-state index in [0.29, 0.717) is 5.75 Å². The summed E-state index contributed by atoms with van der Waals surface area (Å²) in [6, 6.07) is 21.8. The van der Waals surface area contributed by atoms with Gasteiger partial charge in [0, 0.05) is 10.9 Å². The van der Waals surface area contributed by atoms with Crippen LogP contribution in [0.1, 0.15) is 49.1 Å². The second-order valence-electron chi connectivity index (χ2n) is 7.98. The lowest BCUT2D eigenvalue weighted by Gasteiger charge is -2.23. The average molecular weight is 378 g/mol. The topological polar surface area (TPSA) is 40.5 Å². The molecular weight excluding hydrogens is 351 g/mol. The molecule has 0 spiro atoms. The van der Waals surface area contributed by atoms with Crippen LogP contribution in [0.3, 0.4) is 0 Å². The zero-order chi connectivity index (χ0) is 19.6. The molecule has 2 atom stereocenters. The van der Waals surface area contributed by atoms with E-state index in [1.54, 1.807) is 0 Å². The lowest BCUT2D eigenvalue weighted by Crippen LogP contribution is -2.18. The van der Waals surface area contributed by atoms with Gasteiger partial charge in [-0.1, -0.05) is 90.0 Å². The van der Waals surface area contributed by atoms with Crippen molar-refractivity contribution in [1.29, 1.82) is 0 Å². The molecule has 3 rings (SSSR count). The fraction of sp³-hybridized carbons (Fsp3) is 0.250. The van der Waals surface area contributed by atoms with Gasteiger partial charge in [-0.3, -0.25) is 0 Å². The fourth-order valence-corrected chi connectivity index (χ4v) is 4.64. The molecule has 0 aliphatic heterocycles. The lowest BCUT2D eigenvalue weighted by atomic mass is 9.85.